The van der Waals surface area contributed by atoms with E-state index in [4.69, 9.17) is 9.84 Å². The molecule has 1 aromatic carbocycles. The summed E-state index contributed by atoms with van der Waals surface area (Å²) in [6.45, 7) is 4.20. The fourth-order valence-corrected chi connectivity index (χ4v) is 2.40. The number of carbonyl (C=O) groups excluding carboxylic acids is 1. The number of rotatable bonds is 5. The van der Waals surface area contributed by atoms with Crippen LogP contribution in [0.1, 0.15) is 18.9 Å². The molecule has 1 aliphatic rings. The van der Waals surface area contributed by atoms with Gasteiger partial charge in [0.25, 0.3) is 0 Å². The van der Waals surface area contributed by atoms with Crippen molar-refractivity contribution in [3.8, 4) is 0 Å². The van der Waals surface area contributed by atoms with Crippen LogP contribution in [0.25, 0.3) is 0 Å². The van der Waals surface area contributed by atoms with Crippen molar-refractivity contribution in [2.45, 2.75) is 26.0 Å². The van der Waals surface area contributed by atoms with Crippen LogP contribution >= 0.6 is 0 Å². The van der Waals surface area contributed by atoms with Gasteiger partial charge in [0.05, 0.1) is 19.1 Å². The van der Waals surface area contributed by atoms with Crippen LogP contribution in [0.4, 0.5) is 5.69 Å². The normalized spacial score (nSPS) is 19.2. The van der Waals surface area contributed by atoms with Crippen molar-refractivity contribution >= 4 is 17.6 Å². The minimum atomic E-state index is -0.832. The maximum atomic E-state index is 11.0. The molecule has 1 aliphatic heterocycles. The quantitative estimate of drug-likeness (QED) is 0.855. The van der Waals surface area contributed by atoms with Gasteiger partial charge in [0.2, 0.25) is 5.91 Å². The predicted molar refractivity (Wildman–Crippen MR) is 78.0 cm³/mol. The van der Waals surface area contributed by atoms with E-state index in [1.807, 2.05) is 24.3 Å². The lowest BCUT2D eigenvalue weighted by Gasteiger charge is -2.32. The molecule has 1 heterocycles. The van der Waals surface area contributed by atoms with Crippen molar-refractivity contribution in [2.24, 2.45) is 0 Å². The van der Waals surface area contributed by atoms with Crippen molar-refractivity contribution in [2.75, 3.05) is 25.0 Å². The summed E-state index contributed by atoms with van der Waals surface area (Å²) in [4.78, 5) is 23.9. The largest absolute Gasteiger partial charge is 0.481 e. The Morgan fingerprint density at radius 3 is 2.71 bits per heavy atom. The van der Waals surface area contributed by atoms with Gasteiger partial charge in [-0.15, -0.1) is 0 Å². The molecule has 21 heavy (non-hydrogen) atoms. The van der Waals surface area contributed by atoms with Gasteiger partial charge in [0.1, 0.15) is 0 Å². The fraction of sp³-hybridized carbons (Fsp3) is 0.467. The highest BCUT2D eigenvalue weighted by molar-refractivity contribution is 5.88. The van der Waals surface area contributed by atoms with Crippen molar-refractivity contribution in [1.29, 1.82) is 0 Å². The standard InChI is InChI=1S/C15H20N2O4/c1-11(18)16-13-4-2-12(3-5-13)9-17-6-7-21-14(10-17)8-15(19)20/h2-5,14H,6-10H2,1H3,(H,16,18)(H,19,20). The zero-order valence-corrected chi connectivity index (χ0v) is 12.0. The summed E-state index contributed by atoms with van der Waals surface area (Å²) >= 11 is 0. The highest BCUT2D eigenvalue weighted by atomic mass is 16.5. The lowest BCUT2D eigenvalue weighted by Crippen LogP contribution is -2.42. The number of nitrogens with one attached hydrogen (secondary N) is 1. The number of benzene rings is 1. The zero-order chi connectivity index (χ0) is 15.2. The summed E-state index contributed by atoms with van der Waals surface area (Å²) in [5.74, 6) is -0.922. The van der Waals surface area contributed by atoms with Crippen molar-refractivity contribution < 1.29 is 19.4 Å². The first kappa shape index (κ1) is 15.5. The molecule has 6 nitrogen and oxygen atoms in total. The number of hydrogen-bond acceptors (Lipinski definition) is 4. The topological polar surface area (TPSA) is 78.9 Å². The molecule has 6 heteroatoms. The summed E-state index contributed by atoms with van der Waals surface area (Å²) in [5, 5.41) is 11.5. The van der Waals surface area contributed by atoms with Gasteiger partial charge in [-0.2, -0.15) is 0 Å². The lowest BCUT2D eigenvalue weighted by molar-refractivity contribution is -0.142. The number of aliphatic carboxylic acids is 1. The second-order valence-corrected chi connectivity index (χ2v) is 5.20. The van der Waals surface area contributed by atoms with Gasteiger partial charge in [-0.1, -0.05) is 12.1 Å². The number of amides is 1. The summed E-state index contributed by atoms with van der Waals surface area (Å²) < 4.78 is 5.45. The van der Waals surface area contributed by atoms with Crippen molar-refractivity contribution in [3.63, 3.8) is 0 Å². The Morgan fingerprint density at radius 1 is 1.38 bits per heavy atom. The molecule has 0 aromatic heterocycles. The van der Waals surface area contributed by atoms with Gasteiger partial charge < -0.3 is 15.2 Å². The molecule has 0 radical (unpaired) electrons. The fourth-order valence-electron chi connectivity index (χ4n) is 2.40. The van der Waals surface area contributed by atoms with E-state index >= 15 is 0 Å². The lowest BCUT2D eigenvalue weighted by atomic mass is 10.1. The van der Waals surface area contributed by atoms with Gasteiger partial charge in [0.15, 0.2) is 0 Å². The van der Waals surface area contributed by atoms with E-state index in [0.717, 1.165) is 24.3 Å². The summed E-state index contributed by atoms with van der Waals surface area (Å²) in [6.07, 6.45) is -0.201. The minimum absolute atomic E-state index is 0.0397. The van der Waals surface area contributed by atoms with Crippen LogP contribution < -0.4 is 5.32 Å². The molecular weight excluding hydrogens is 272 g/mol. The Morgan fingerprint density at radius 2 is 2.10 bits per heavy atom. The third-order valence-electron chi connectivity index (χ3n) is 3.31. The maximum Gasteiger partial charge on any atom is 0.306 e. The van der Waals surface area contributed by atoms with E-state index < -0.39 is 5.97 Å². The number of ether oxygens (including phenoxy) is 1. The van der Waals surface area contributed by atoms with Crippen LogP contribution in [0.15, 0.2) is 24.3 Å². The first-order valence-corrected chi connectivity index (χ1v) is 6.95. The molecule has 2 rings (SSSR count). The number of anilines is 1. The molecule has 2 N–H and O–H groups in total. The molecule has 0 bridgehead atoms. The minimum Gasteiger partial charge on any atom is -0.481 e. The molecule has 1 amide bonds. The number of carboxylic acids is 1. The second kappa shape index (κ2) is 7.19. The zero-order valence-electron chi connectivity index (χ0n) is 12.0. The molecule has 0 aliphatic carbocycles. The molecular formula is C15H20N2O4. The molecule has 1 aromatic rings. The van der Waals surface area contributed by atoms with Crippen LogP contribution in [0, 0.1) is 0 Å². The van der Waals surface area contributed by atoms with Crippen LogP contribution in [-0.2, 0) is 20.9 Å². The van der Waals surface area contributed by atoms with Gasteiger partial charge in [0, 0.05) is 32.2 Å². The average Bonchev–Trinajstić information content (AvgIpc) is 2.40. The van der Waals surface area contributed by atoms with E-state index in [2.05, 4.69) is 10.2 Å². The van der Waals surface area contributed by atoms with Crippen LogP contribution in [0.5, 0.6) is 0 Å². The molecule has 1 unspecified atom stereocenters. The number of carboxylic acid groups (broad SMARTS) is 1. The maximum absolute atomic E-state index is 11.0. The molecule has 0 spiro atoms. The summed E-state index contributed by atoms with van der Waals surface area (Å²) in [6, 6.07) is 7.66. The molecule has 0 saturated carbocycles. The van der Waals surface area contributed by atoms with Crippen LogP contribution in [-0.4, -0.2) is 47.7 Å². The Hall–Kier alpha value is -1.92. The van der Waals surface area contributed by atoms with Crippen LogP contribution in [0.2, 0.25) is 0 Å². The Balaban J connectivity index is 1.88. The Labute approximate surface area is 123 Å². The molecule has 1 atom stereocenters. The van der Waals surface area contributed by atoms with Gasteiger partial charge in [-0.3, -0.25) is 14.5 Å². The number of nitrogens with zero attached hydrogens (tertiary/aromatic N) is 1. The van der Waals surface area contributed by atoms with Gasteiger partial charge >= 0.3 is 5.97 Å². The highest BCUT2D eigenvalue weighted by Gasteiger charge is 2.22. The average molecular weight is 292 g/mol. The number of carbonyl (C=O) groups is 2. The monoisotopic (exact) mass is 292 g/mol. The van der Waals surface area contributed by atoms with Gasteiger partial charge in [-0.25, -0.2) is 0 Å². The first-order valence-electron chi connectivity index (χ1n) is 6.95. The van der Waals surface area contributed by atoms with Crippen molar-refractivity contribution in [1.82, 2.24) is 4.90 Å². The van der Waals surface area contributed by atoms with E-state index in [-0.39, 0.29) is 18.4 Å². The van der Waals surface area contributed by atoms with Crippen LogP contribution in [0.3, 0.4) is 0 Å². The number of morpholine rings is 1. The smallest absolute Gasteiger partial charge is 0.306 e. The Bertz CT molecular complexity index is 501. The molecule has 114 valence electrons. The van der Waals surface area contributed by atoms with E-state index in [1.165, 1.54) is 6.92 Å². The summed E-state index contributed by atoms with van der Waals surface area (Å²) in [7, 11) is 0. The predicted octanol–water partition coefficient (Wildman–Crippen LogP) is 1.32. The van der Waals surface area contributed by atoms with Crippen molar-refractivity contribution in [3.05, 3.63) is 29.8 Å². The highest BCUT2D eigenvalue weighted by Crippen LogP contribution is 2.15. The Kier molecular flexibility index (Phi) is 5.30. The SMILES string of the molecule is CC(=O)Nc1ccc(CN2CCOC(CC(=O)O)C2)cc1. The number of hydrogen-bond donors (Lipinski definition) is 2. The van der Waals surface area contributed by atoms with E-state index in [0.29, 0.717) is 13.2 Å². The molecule has 1 saturated heterocycles. The second-order valence-electron chi connectivity index (χ2n) is 5.20. The van der Waals surface area contributed by atoms with E-state index in [1.54, 1.807) is 0 Å². The molecule has 1 fully saturated rings. The first-order chi connectivity index (χ1) is 10.0. The third-order valence-corrected chi connectivity index (χ3v) is 3.31. The van der Waals surface area contributed by atoms with E-state index in [9.17, 15) is 9.59 Å². The third kappa shape index (κ3) is 5.17. The summed E-state index contributed by atoms with van der Waals surface area (Å²) in [5.41, 5.74) is 1.90. The van der Waals surface area contributed by atoms with Gasteiger partial charge in [-0.05, 0) is 17.7 Å².